The standard InChI is InChI=1S/C20H16N2O2/c23-19(16-11-5-2-6-12-16)21-22-20(24)18-14-8-7-13-17(18)15-9-3-1-4-10-15/h1-14H,(H,21,23)(H,22,24). The van der Waals surface area contributed by atoms with E-state index in [1.165, 1.54) is 0 Å². The lowest BCUT2D eigenvalue weighted by Gasteiger charge is -2.11. The Labute approximate surface area is 140 Å². The molecular formula is C20H16N2O2. The van der Waals surface area contributed by atoms with Gasteiger partial charge in [0, 0.05) is 11.1 Å². The molecule has 2 N–H and O–H groups in total. The van der Waals surface area contributed by atoms with Crippen molar-refractivity contribution in [3.63, 3.8) is 0 Å². The van der Waals surface area contributed by atoms with Gasteiger partial charge in [-0.05, 0) is 29.3 Å². The number of carbonyl (C=O) groups excluding carboxylic acids is 2. The van der Waals surface area contributed by atoms with Gasteiger partial charge < -0.3 is 0 Å². The minimum Gasteiger partial charge on any atom is -0.267 e. The fourth-order valence-electron chi connectivity index (χ4n) is 2.39. The molecule has 0 aliphatic heterocycles. The molecule has 0 aromatic heterocycles. The molecule has 3 aromatic rings. The molecule has 3 rings (SSSR count). The number of hydrazine groups is 1. The van der Waals surface area contributed by atoms with Gasteiger partial charge in [0.1, 0.15) is 0 Å². The minimum atomic E-state index is -0.362. The van der Waals surface area contributed by atoms with Gasteiger partial charge in [0.25, 0.3) is 11.8 Å². The maximum atomic E-state index is 12.4. The highest BCUT2D eigenvalue weighted by molar-refractivity contribution is 6.03. The van der Waals surface area contributed by atoms with Gasteiger partial charge in [-0.15, -0.1) is 0 Å². The molecule has 0 radical (unpaired) electrons. The zero-order valence-electron chi connectivity index (χ0n) is 12.9. The molecule has 0 fully saturated rings. The van der Waals surface area contributed by atoms with Gasteiger partial charge >= 0.3 is 0 Å². The van der Waals surface area contributed by atoms with Crippen LogP contribution >= 0.6 is 0 Å². The fraction of sp³-hybridized carbons (Fsp3) is 0. The quantitative estimate of drug-likeness (QED) is 0.727. The van der Waals surface area contributed by atoms with E-state index in [4.69, 9.17) is 0 Å². The smallest absolute Gasteiger partial charge is 0.267 e. The summed E-state index contributed by atoms with van der Waals surface area (Å²) in [5, 5.41) is 0. The van der Waals surface area contributed by atoms with E-state index in [1.54, 1.807) is 36.4 Å². The summed E-state index contributed by atoms with van der Waals surface area (Å²) in [6.07, 6.45) is 0. The molecule has 0 bridgehead atoms. The predicted octanol–water partition coefficient (Wildman–Crippen LogP) is 3.43. The van der Waals surface area contributed by atoms with Gasteiger partial charge in [0.2, 0.25) is 0 Å². The van der Waals surface area contributed by atoms with Gasteiger partial charge in [0.15, 0.2) is 0 Å². The summed E-state index contributed by atoms with van der Waals surface area (Å²) in [7, 11) is 0. The van der Waals surface area contributed by atoms with Crippen LogP contribution in [-0.4, -0.2) is 11.8 Å². The number of amides is 2. The third kappa shape index (κ3) is 3.50. The summed E-state index contributed by atoms with van der Waals surface area (Å²) in [6, 6.07) is 25.6. The molecule has 0 heterocycles. The van der Waals surface area contributed by atoms with Gasteiger partial charge in [-0.3, -0.25) is 20.4 Å². The van der Waals surface area contributed by atoms with Crippen molar-refractivity contribution in [1.29, 1.82) is 0 Å². The first-order valence-corrected chi connectivity index (χ1v) is 7.56. The summed E-state index contributed by atoms with van der Waals surface area (Å²) < 4.78 is 0. The SMILES string of the molecule is O=C(NNC(=O)c1ccccc1-c1ccccc1)c1ccccc1. The summed E-state index contributed by atoms with van der Waals surface area (Å²) in [4.78, 5) is 24.5. The minimum absolute atomic E-state index is 0.360. The first-order chi connectivity index (χ1) is 11.8. The lowest BCUT2D eigenvalue weighted by atomic mass is 9.99. The van der Waals surface area contributed by atoms with E-state index in [0.717, 1.165) is 11.1 Å². The van der Waals surface area contributed by atoms with Crippen molar-refractivity contribution in [2.24, 2.45) is 0 Å². The van der Waals surface area contributed by atoms with E-state index in [0.29, 0.717) is 11.1 Å². The number of nitrogens with one attached hydrogen (secondary N) is 2. The van der Waals surface area contributed by atoms with Gasteiger partial charge in [-0.2, -0.15) is 0 Å². The molecule has 0 atom stereocenters. The summed E-state index contributed by atoms with van der Waals surface area (Å²) in [6.45, 7) is 0. The molecule has 24 heavy (non-hydrogen) atoms. The first kappa shape index (κ1) is 15.5. The second-order valence-electron chi connectivity index (χ2n) is 5.19. The molecule has 0 saturated heterocycles. The van der Waals surface area contributed by atoms with Crippen LogP contribution in [0.4, 0.5) is 0 Å². The van der Waals surface area contributed by atoms with Crippen LogP contribution in [0.25, 0.3) is 11.1 Å². The highest BCUT2D eigenvalue weighted by Gasteiger charge is 2.13. The average molecular weight is 316 g/mol. The third-order valence-corrected chi connectivity index (χ3v) is 3.58. The van der Waals surface area contributed by atoms with Crippen molar-refractivity contribution >= 4 is 11.8 Å². The molecule has 0 spiro atoms. The maximum absolute atomic E-state index is 12.4. The summed E-state index contributed by atoms with van der Waals surface area (Å²) >= 11 is 0. The molecule has 0 unspecified atom stereocenters. The number of hydrogen-bond donors (Lipinski definition) is 2. The highest BCUT2D eigenvalue weighted by atomic mass is 16.2. The maximum Gasteiger partial charge on any atom is 0.270 e. The fourth-order valence-corrected chi connectivity index (χ4v) is 2.39. The highest BCUT2D eigenvalue weighted by Crippen LogP contribution is 2.23. The Hall–Kier alpha value is -3.40. The van der Waals surface area contributed by atoms with E-state index in [9.17, 15) is 9.59 Å². The molecular weight excluding hydrogens is 300 g/mol. The van der Waals surface area contributed by atoms with Crippen molar-refractivity contribution < 1.29 is 9.59 Å². The van der Waals surface area contributed by atoms with E-state index >= 15 is 0 Å². The molecule has 0 saturated carbocycles. The van der Waals surface area contributed by atoms with Crippen molar-refractivity contribution in [2.75, 3.05) is 0 Å². The number of carbonyl (C=O) groups is 2. The second-order valence-corrected chi connectivity index (χ2v) is 5.19. The molecule has 118 valence electrons. The van der Waals surface area contributed by atoms with Gasteiger partial charge in [0.05, 0.1) is 0 Å². The van der Waals surface area contributed by atoms with Crippen LogP contribution in [0.2, 0.25) is 0 Å². The van der Waals surface area contributed by atoms with Crippen LogP contribution < -0.4 is 10.9 Å². The molecule has 4 nitrogen and oxygen atoms in total. The largest absolute Gasteiger partial charge is 0.270 e. The zero-order valence-corrected chi connectivity index (χ0v) is 12.9. The molecule has 2 amide bonds. The van der Waals surface area contributed by atoms with E-state index < -0.39 is 0 Å². The Morgan fingerprint density at radius 3 is 1.83 bits per heavy atom. The van der Waals surface area contributed by atoms with Crippen molar-refractivity contribution in [3.8, 4) is 11.1 Å². The topological polar surface area (TPSA) is 58.2 Å². The van der Waals surface area contributed by atoms with E-state index in [-0.39, 0.29) is 11.8 Å². The second kappa shape index (κ2) is 7.24. The first-order valence-electron chi connectivity index (χ1n) is 7.56. The van der Waals surface area contributed by atoms with Crippen molar-refractivity contribution in [1.82, 2.24) is 10.9 Å². The van der Waals surface area contributed by atoms with E-state index in [2.05, 4.69) is 10.9 Å². The van der Waals surface area contributed by atoms with Crippen LogP contribution in [0.15, 0.2) is 84.9 Å². The van der Waals surface area contributed by atoms with Gasteiger partial charge in [-0.1, -0.05) is 66.7 Å². The number of benzene rings is 3. The summed E-state index contributed by atoms with van der Waals surface area (Å²) in [5.41, 5.74) is 7.64. The van der Waals surface area contributed by atoms with Crippen molar-refractivity contribution in [3.05, 3.63) is 96.1 Å². The summed E-state index contributed by atoms with van der Waals surface area (Å²) in [5.74, 6) is -0.722. The van der Waals surface area contributed by atoms with E-state index in [1.807, 2.05) is 48.5 Å². The average Bonchev–Trinajstić information content (AvgIpc) is 2.67. The van der Waals surface area contributed by atoms with Crippen molar-refractivity contribution in [2.45, 2.75) is 0 Å². The van der Waals surface area contributed by atoms with Gasteiger partial charge in [-0.25, -0.2) is 0 Å². The predicted molar refractivity (Wildman–Crippen MR) is 93.3 cm³/mol. The zero-order chi connectivity index (χ0) is 16.8. The lowest BCUT2D eigenvalue weighted by molar-refractivity contribution is 0.0847. The molecule has 0 aliphatic carbocycles. The Balaban J connectivity index is 1.76. The Morgan fingerprint density at radius 1 is 0.583 bits per heavy atom. The van der Waals surface area contributed by atoms with Crippen LogP contribution in [0, 0.1) is 0 Å². The molecule has 3 aromatic carbocycles. The third-order valence-electron chi connectivity index (χ3n) is 3.58. The Morgan fingerprint density at radius 2 is 1.12 bits per heavy atom. The lowest BCUT2D eigenvalue weighted by Crippen LogP contribution is -2.41. The monoisotopic (exact) mass is 316 g/mol. The normalized spacial score (nSPS) is 10.0. The van der Waals surface area contributed by atoms with Crippen LogP contribution in [0.3, 0.4) is 0 Å². The van der Waals surface area contributed by atoms with Crippen LogP contribution in [0.1, 0.15) is 20.7 Å². The Kier molecular flexibility index (Phi) is 4.68. The number of rotatable bonds is 3. The molecule has 0 aliphatic rings. The van der Waals surface area contributed by atoms with Crippen LogP contribution in [0.5, 0.6) is 0 Å². The molecule has 4 heteroatoms. The van der Waals surface area contributed by atoms with Crippen LogP contribution in [-0.2, 0) is 0 Å². The number of hydrogen-bond acceptors (Lipinski definition) is 2. The Bertz CT molecular complexity index is 846.